The van der Waals surface area contributed by atoms with Crippen LogP contribution in [0.4, 0.5) is 13.2 Å². The third kappa shape index (κ3) is 16.5. The second-order valence-electron chi connectivity index (χ2n) is 3.35. The first kappa shape index (κ1) is 19.8. The zero-order chi connectivity index (χ0) is 15.3. The van der Waals surface area contributed by atoms with Gasteiger partial charge in [0.2, 0.25) is 0 Å². The van der Waals surface area contributed by atoms with Crippen molar-refractivity contribution in [3.05, 3.63) is 35.9 Å². The fraction of sp³-hybridized carbons (Fsp3) is 0.500. The van der Waals surface area contributed by atoms with Crippen LogP contribution in [-0.2, 0) is 11.2 Å². The second kappa shape index (κ2) is 11.6. The van der Waals surface area contributed by atoms with Gasteiger partial charge >= 0.3 is 12.1 Å². The lowest BCUT2D eigenvalue weighted by Gasteiger charge is -2.01. The number of carbonyl (C=O) groups is 1. The van der Waals surface area contributed by atoms with Gasteiger partial charge in [-0.15, -0.1) is 0 Å². The van der Waals surface area contributed by atoms with Crippen molar-refractivity contribution >= 4 is 5.97 Å². The number of carboxylic acid groups (broad SMARTS) is 1. The molecule has 1 aromatic rings. The van der Waals surface area contributed by atoms with Gasteiger partial charge in [-0.2, -0.15) is 13.2 Å². The van der Waals surface area contributed by atoms with Gasteiger partial charge in [0.05, 0.1) is 12.8 Å². The van der Waals surface area contributed by atoms with E-state index in [1.165, 1.54) is 5.56 Å². The van der Waals surface area contributed by atoms with Crippen LogP contribution in [0.3, 0.4) is 0 Å². The third-order valence-corrected chi connectivity index (χ3v) is 1.87. The van der Waals surface area contributed by atoms with E-state index >= 15 is 0 Å². The van der Waals surface area contributed by atoms with Crippen molar-refractivity contribution in [3.63, 3.8) is 0 Å². The number of aliphatic carboxylic acids is 1. The summed E-state index contributed by atoms with van der Waals surface area (Å²) in [5.74, 6) is -1.42. The lowest BCUT2D eigenvalue weighted by molar-refractivity contribution is -0.152. The summed E-state index contributed by atoms with van der Waals surface area (Å²) >= 11 is 0. The van der Waals surface area contributed by atoms with Crippen molar-refractivity contribution in [1.82, 2.24) is 0 Å². The third-order valence-electron chi connectivity index (χ3n) is 1.87. The van der Waals surface area contributed by atoms with Crippen LogP contribution >= 0.6 is 0 Å². The highest BCUT2D eigenvalue weighted by Crippen LogP contribution is 2.20. The number of halogens is 3. The van der Waals surface area contributed by atoms with Gasteiger partial charge in [-0.3, -0.25) is 4.79 Å². The molecule has 0 aliphatic heterocycles. The van der Waals surface area contributed by atoms with E-state index in [-0.39, 0.29) is 0 Å². The van der Waals surface area contributed by atoms with Gasteiger partial charge < -0.3 is 5.11 Å². The predicted octanol–water partition coefficient (Wildman–Crippen LogP) is 4.69. The molecular weight excluding hydrogens is 257 g/mol. The van der Waals surface area contributed by atoms with Crippen molar-refractivity contribution in [3.8, 4) is 0 Å². The highest BCUT2D eigenvalue weighted by Gasteiger charge is 2.27. The molecule has 0 radical (unpaired) electrons. The SMILES string of the molecule is CC.CCc1ccccc1.O=C(O)CCC(F)(F)F. The van der Waals surface area contributed by atoms with Crippen molar-refractivity contribution < 1.29 is 23.1 Å². The molecule has 0 atom stereocenters. The Morgan fingerprint density at radius 1 is 1.16 bits per heavy atom. The van der Waals surface area contributed by atoms with Crippen LogP contribution in [-0.4, -0.2) is 17.3 Å². The lowest BCUT2D eigenvalue weighted by atomic mass is 10.2. The summed E-state index contributed by atoms with van der Waals surface area (Å²) in [5.41, 5.74) is 1.41. The number of rotatable bonds is 3. The molecule has 0 aromatic heterocycles. The molecule has 0 aliphatic carbocycles. The van der Waals surface area contributed by atoms with E-state index in [2.05, 4.69) is 31.2 Å². The molecule has 0 fully saturated rings. The van der Waals surface area contributed by atoms with E-state index in [0.29, 0.717) is 0 Å². The number of hydrogen-bond acceptors (Lipinski definition) is 1. The highest BCUT2D eigenvalue weighted by atomic mass is 19.4. The summed E-state index contributed by atoms with van der Waals surface area (Å²) < 4.78 is 33.5. The molecule has 1 aromatic carbocycles. The summed E-state index contributed by atoms with van der Waals surface area (Å²) in [6, 6.07) is 10.5. The first-order chi connectivity index (χ1) is 8.85. The van der Waals surface area contributed by atoms with E-state index in [9.17, 15) is 18.0 Å². The lowest BCUT2D eigenvalue weighted by Crippen LogP contribution is -2.09. The Bertz CT molecular complexity index is 321. The van der Waals surface area contributed by atoms with Gasteiger partial charge in [0.25, 0.3) is 0 Å². The molecule has 2 nitrogen and oxygen atoms in total. The molecule has 0 saturated heterocycles. The standard InChI is InChI=1S/C8H10.C4H5F3O2.C2H6/c1-2-8-6-4-3-5-7-8;5-4(6,7)2-1-3(8)9;1-2/h3-7H,2H2,1H3;1-2H2,(H,8,9);1-2H3. The van der Waals surface area contributed by atoms with E-state index in [1.54, 1.807) is 0 Å². The zero-order valence-corrected chi connectivity index (χ0v) is 11.5. The molecule has 0 heterocycles. The maximum atomic E-state index is 11.2. The minimum absolute atomic E-state index is 0.844. The van der Waals surface area contributed by atoms with Crippen molar-refractivity contribution in [2.75, 3.05) is 0 Å². The predicted molar refractivity (Wildman–Crippen MR) is 70.1 cm³/mol. The maximum absolute atomic E-state index is 11.2. The molecule has 0 amide bonds. The topological polar surface area (TPSA) is 37.3 Å². The summed E-state index contributed by atoms with van der Waals surface area (Å²) in [6.07, 6.45) is -5.30. The molecule has 0 aliphatic rings. The van der Waals surface area contributed by atoms with Crippen molar-refractivity contribution in [1.29, 1.82) is 0 Å². The normalized spacial score (nSPS) is 9.58. The highest BCUT2D eigenvalue weighted by molar-refractivity contribution is 5.66. The van der Waals surface area contributed by atoms with E-state index in [0.717, 1.165) is 6.42 Å². The van der Waals surface area contributed by atoms with E-state index < -0.39 is 25.0 Å². The van der Waals surface area contributed by atoms with Gasteiger partial charge in [0.1, 0.15) is 0 Å². The summed E-state index contributed by atoms with van der Waals surface area (Å²) in [7, 11) is 0. The molecule has 0 saturated carbocycles. The Kier molecular flexibility index (Phi) is 12.1. The number of carboxylic acids is 1. The molecule has 1 rings (SSSR count). The van der Waals surface area contributed by atoms with Gasteiger partial charge in [-0.25, -0.2) is 0 Å². The monoisotopic (exact) mass is 278 g/mol. The van der Waals surface area contributed by atoms with E-state index in [4.69, 9.17) is 5.11 Å². The summed E-state index contributed by atoms with van der Waals surface area (Å²) in [6.45, 7) is 6.16. The fourth-order valence-corrected chi connectivity index (χ4v) is 0.962. The molecule has 0 unspecified atom stereocenters. The minimum atomic E-state index is -4.35. The Balaban J connectivity index is 0. The molecule has 1 N–H and O–H groups in total. The van der Waals surface area contributed by atoms with Crippen LogP contribution in [0.2, 0.25) is 0 Å². The number of benzene rings is 1. The first-order valence-corrected chi connectivity index (χ1v) is 6.17. The van der Waals surface area contributed by atoms with Crippen molar-refractivity contribution in [2.45, 2.75) is 46.2 Å². The van der Waals surface area contributed by atoms with Gasteiger partial charge in [0, 0.05) is 0 Å². The molecular formula is C14H21F3O2. The average molecular weight is 278 g/mol. The second-order valence-corrected chi connectivity index (χ2v) is 3.35. The number of alkyl halides is 3. The summed E-state index contributed by atoms with van der Waals surface area (Å²) in [4.78, 5) is 9.55. The summed E-state index contributed by atoms with van der Waals surface area (Å²) in [5, 5.41) is 7.78. The first-order valence-electron chi connectivity index (χ1n) is 6.17. The minimum Gasteiger partial charge on any atom is -0.481 e. The van der Waals surface area contributed by atoms with Gasteiger partial charge in [-0.1, -0.05) is 51.1 Å². The molecule has 110 valence electrons. The van der Waals surface area contributed by atoms with Crippen LogP contribution in [0.5, 0.6) is 0 Å². The van der Waals surface area contributed by atoms with Crippen molar-refractivity contribution in [2.24, 2.45) is 0 Å². The Morgan fingerprint density at radius 3 is 1.84 bits per heavy atom. The Hall–Kier alpha value is -1.52. The number of aryl methyl sites for hydroxylation is 1. The van der Waals surface area contributed by atoms with Gasteiger partial charge in [-0.05, 0) is 12.0 Å². The Morgan fingerprint density at radius 2 is 1.63 bits per heavy atom. The van der Waals surface area contributed by atoms with Gasteiger partial charge in [0.15, 0.2) is 0 Å². The van der Waals surface area contributed by atoms with Crippen LogP contribution in [0.25, 0.3) is 0 Å². The molecule has 0 bridgehead atoms. The van der Waals surface area contributed by atoms with E-state index in [1.807, 2.05) is 19.9 Å². The smallest absolute Gasteiger partial charge is 0.389 e. The quantitative estimate of drug-likeness (QED) is 0.871. The molecule has 5 heteroatoms. The largest absolute Gasteiger partial charge is 0.481 e. The maximum Gasteiger partial charge on any atom is 0.389 e. The van der Waals surface area contributed by atoms with Crippen LogP contribution < -0.4 is 0 Å². The fourth-order valence-electron chi connectivity index (χ4n) is 0.962. The van der Waals surface area contributed by atoms with Crippen LogP contribution in [0.15, 0.2) is 30.3 Å². The molecule has 19 heavy (non-hydrogen) atoms. The number of hydrogen-bond donors (Lipinski definition) is 1. The van der Waals surface area contributed by atoms with Crippen LogP contribution in [0.1, 0.15) is 39.2 Å². The molecule has 0 spiro atoms. The zero-order valence-electron chi connectivity index (χ0n) is 11.5. The average Bonchev–Trinajstić information content (AvgIpc) is 2.40. The Labute approximate surface area is 112 Å². The van der Waals surface area contributed by atoms with Crippen LogP contribution in [0, 0.1) is 0 Å².